The Hall–Kier alpha value is -1.91. The van der Waals surface area contributed by atoms with Gasteiger partial charge < -0.3 is 9.30 Å². The van der Waals surface area contributed by atoms with Crippen LogP contribution in [0.2, 0.25) is 5.02 Å². The van der Waals surface area contributed by atoms with Crippen LogP contribution in [0.3, 0.4) is 0 Å². The second-order valence-corrected chi connectivity index (χ2v) is 10.3. The van der Waals surface area contributed by atoms with E-state index in [1.807, 2.05) is 41.8 Å². The fraction of sp³-hybridized carbons (Fsp3) is 0.333. The lowest BCUT2D eigenvalue weighted by atomic mass is 10.2. The molecular weight excluding hydrogens is 456 g/mol. The number of thioether (sulfide) groups is 1. The molecule has 0 bridgehead atoms. The van der Waals surface area contributed by atoms with Crippen LogP contribution >= 0.6 is 23.4 Å². The van der Waals surface area contributed by atoms with Crippen molar-refractivity contribution in [3.63, 3.8) is 0 Å². The molecule has 0 amide bonds. The molecule has 0 radical (unpaired) electrons. The normalized spacial score (nSPS) is 15.3. The summed E-state index contributed by atoms with van der Waals surface area (Å²) in [5.74, 6) is 1.37. The lowest BCUT2D eigenvalue weighted by Gasteiger charge is -2.26. The molecular formula is C21H23ClN4O3S2. The van der Waals surface area contributed by atoms with Crippen molar-refractivity contribution in [2.75, 3.05) is 26.3 Å². The molecule has 2 aromatic carbocycles. The van der Waals surface area contributed by atoms with Crippen LogP contribution in [0.4, 0.5) is 0 Å². The van der Waals surface area contributed by atoms with E-state index in [9.17, 15) is 8.42 Å². The van der Waals surface area contributed by atoms with Crippen molar-refractivity contribution in [1.82, 2.24) is 19.1 Å². The van der Waals surface area contributed by atoms with Gasteiger partial charge in [0.15, 0.2) is 11.0 Å². The molecule has 0 spiro atoms. The topological polar surface area (TPSA) is 77.3 Å². The molecule has 4 rings (SSSR count). The molecule has 164 valence electrons. The van der Waals surface area contributed by atoms with E-state index in [0.717, 1.165) is 28.7 Å². The molecule has 3 aromatic rings. The van der Waals surface area contributed by atoms with Crippen LogP contribution in [-0.4, -0.2) is 53.8 Å². The smallest absolute Gasteiger partial charge is 0.243 e. The predicted octanol–water partition coefficient (Wildman–Crippen LogP) is 3.93. The van der Waals surface area contributed by atoms with Gasteiger partial charge in [0.25, 0.3) is 0 Å². The first-order valence-electron chi connectivity index (χ1n) is 9.98. The van der Waals surface area contributed by atoms with Crippen molar-refractivity contribution >= 4 is 33.4 Å². The number of nitrogens with zero attached hydrogens (tertiary/aromatic N) is 4. The van der Waals surface area contributed by atoms with Crippen LogP contribution < -0.4 is 0 Å². The lowest BCUT2D eigenvalue weighted by Crippen LogP contribution is -2.40. The lowest BCUT2D eigenvalue weighted by molar-refractivity contribution is 0.0730. The van der Waals surface area contributed by atoms with Crippen molar-refractivity contribution in [2.24, 2.45) is 0 Å². The molecule has 1 saturated heterocycles. The Morgan fingerprint density at radius 3 is 2.55 bits per heavy atom. The number of rotatable bonds is 7. The molecule has 1 fully saturated rings. The van der Waals surface area contributed by atoms with Crippen molar-refractivity contribution in [3.05, 3.63) is 59.1 Å². The highest BCUT2D eigenvalue weighted by Gasteiger charge is 2.26. The van der Waals surface area contributed by atoms with Gasteiger partial charge in [0.1, 0.15) is 0 Å². The molecule has 0 atom stereocenters. The molecule has 0 aliphatic carbocycles. The highest BCUT2D eigenvalue weighted by Crippen LogP contribution is 2.28. The van der Waals surface area contributed by atoms with Gasteiger partial charge in [0, 0.05) is 36.0 Å². The van der Waals surface area contributed by atoms with Gasteiger partial charge in [0.2, 0.25) is 10.0 Å². The van der Waals surface area contributed by atoms with E-state index >= 15 is 0 Å². The number of halogens is 1. The number of hydrogen-bond acceptors (Lipinski definition) is 6. The van der Waals surface area contributed by atoms with Crippen molar-refractivity contribution in [2.45, 2.75) is 29.3 Å². The fourth-order valence-corrected chi connectivity index (χ4v) is 5.92. The number of sulfonamides is 1. The van der Waals surface area contributed by atoms with Crippen LogP contribution in [0.15, 0.2) is 58.6 Å². The maximum absolute atomic E-state index is 12.9. The van der Waals surface area contributed by atoms with Crippen molar-refractivity contribution in [3.8, 4) is 11.4 Å². The SMILES string of the molecule is CCn1c(SCc2cccc(S(=O)(=O)N3CCOCC3)c2)nnc1-c1ccc(Cl)cc1. The number of hydrogen-bond donors (Lipinski definition) is 0. The Kier molecular flexibility index (Phi) is 6.98. The Morgan fingerprint density at radius 2 is 1.84 bits per heavy atom. The highest BCUT2D eigenvalue weighted by atomic mass is 35.5. The summed E-state index contributed by atoms with van der Waals surface area (Å²) in [6.07, 6.45) is 0. The van der Waals surface area contributed by atoms with E-state index in [0.29, 0.717) is 42.0 Å². The Balaban J connectivity index is 1.51. The van der Waals surface area contributed by atoms with Crippen LogP contribution in [0.1, 0.15) is 12.5 Å². The standard InChI is InChI=1S/C21H23ClN4O3S2/c1-2-26-20(17-6-8-18(22)9-7-17)23-24-21(26)30-15-16-4-3-5-19(14-16)31(27,28)25-10-12-29-13-11-25/h3-9,14H,2,10-13,15H2,1H3. The number of benzene rings is 2. The fourth-order valence-electron chi connectivity index (χ4n) is 3.37. The summed E-state index contributed by atoms with van der Waals surface area (Å²) in [4.78, 5) is 0.311. The molecule has 1 aliphatic rings. The highest BCUT2D eigenvalue weighted by molar-refractivity contribution is 7.98. The average molecular weight is 479 g/mol. The summed E-state index contributed by atoms with van der Waals surface area (Å²) in [7, 11) is -3.52. The molecule has 0 unspecified atom stereocenters. The van der Waals surface area contributed by atoms with Gasteiger partial charge in [0.05, 0.1) is 18.1 Å². The second kappa shape index (κ2) is 9.70. The third-order valence-corrected chi connectivity index (χ3v) is 8.19. The van der Waals surface area contributed by atoms with Gasteiger partial charge in [-0.1, -0.05) is 35.5 Å². The molecule has 31 heavy (non-hydrogen) atoms. The van der Waals surface area contributed by atoms with Crippen LogP contribution in [0.25, 0.3) is 11.4 Å². The van der Waals surface area contributed by atoms with Gasteiger partial charge in [-0.25, -0.2) is 8.42 Å². The first kappa shape index (κ1) is 22.3. The minimum absolute atomic E-state index is 0.311. The predicted molar refractivity (Wildman–Crippen MR) is 122 cm³/mol. The van der Waals surface area contributed by atoms with Crippen molar-refractivity contribution in [1.29, 1.82) is 0 Å². The summed E-state index contributed by atoms with van der Waals surface area (Å²) in [6, 6.07) is 14.6. The minimum atomic E-state index is -3.52. The Labute approximate surface area is 191 Å². The summed E-state index contributed by atoms with van der Waals surface area (Å²) >= 11 is 7.52. The van der Waals surface area contributed by atoms with Crippen LogP contribution in [0.5, 0.6) is 0 Å². The van der Waals surface area contributed by atoms with Gasteiger partial charge >= 0.3 is 0 Å². The van der Waals surface area contributed by atoms with E-state index < -0.39 is 10.0 Å². The van der Waals surface area contributed by atoms with Crippen LogP contribution in [-0.2, 0) is 27.1 Å². The van der Waals surface area contributed by atoms with Gasteiger partial charge in [-0.15, -0.1) is 10.2 Å². The Bertz CT molecular complexity index is 1140. The first-order chi connectivity index (χ1) is 15.0. The van der Waals surface area contributed by atoms with Crippen molar-refractivity contribution < 1.29 is 13.2 Å². The van der Waals surface area contributed by atoms with E-state index in [2.05, 4.69) is 10.2 Å². The number of ether oxygens (including phenoxy) is 1. The quantitative estimate of drug-likeness (QED) is 0.479. The zero-order valence-corrected chi connectivity index (χ0v) is 19.5. The molecule has 1 aliphatic heterocycles. The molecule has 7 nitrogen and oxygen atoms in total. The van der Waals surface area contributed by atoms with E-state index in [1.165, 1.54) is 16.1 Å². The summed E-state index contributed by atoms with van der Waals surface area (Å²) in [5.41, 5.74) is 1.86. The second-order valence-electron chi connectivity index (χ2n) is 7.01. The molecule has 10 heteroatoms. The maximum atomic E-state index is 12.9. The number of morpholine rings is 1. The third kappa shape index (κ3) is 4.96. The van der Waals surface area contributed by atoms with Gasteiger partial charge in [-0.05, 0) is 48.9 Å². The van der Waals surface area contributed by atoms with E-state index in [1.54, 1.807) is 18.2 Å². The van der Waals surface area contributed by atoms with E-state index in [4.69, 9.17) is 16.3 Å². The molecule has 0 N–H and O–H groups in total. The minimum Gasteiger partial charge on any atom is -0.379 e. The summed E-state index contributed by atoms with van der Waals surface area (Å²) < 4.78 is 34.6. The maximum Gasteiger partial charge on any atom is 0.243 e. The molecule has 2 heterocycles. The average Bonchev–Trinajstić information content (AvgIpc) is 3.22. The van der Waals surface area contributed by atoms with Crippen LogP contribution in [0, 0.1) is 0 Å². The largest absolute Gasteiger partial charge is 0.379 e. The third-order valence-electron chi connectivity index (χ3n) is 5.01. The van der Waals surface area contributed by atoms with Gasteiger partial charge in [-0.2, -0.15) is 4.31 Å². The first-order valence-corrected chi connectivity index (χ1v) is 12.8. The zero-order valence-electron chi connectivity index (χ0n) is 17.1. The number of aromatic nitrogens is 3. The molecule has 1 aromatic heterocycles. The van der Waals surface area contributed by atoms with Gasteiger partial charge in [-0.3, -0.25) is 0 Å². The Morgan fingerprint density at radius 1 is 1.10 bits per heavy atom. The van der Waals surface area contributed by atoms with E-state index in [-0.39, 0.29) is 0 Å². The monoisotopic (exact) mass is 478 g/mol. The summed E-state index contributed by atoms with van der Waals surface area (Å²) in [6.45, 7) is 4.39. The molecule has 0 saturated carbocycles. The zero-order chi connectivity index (χ0) is 21.8. The summed E-state index contributed by atoms with van der Waals surface area (Å²) in [5, 5.41) is 10.2.